The molecule has 1 atom stereocenters. The summed E-state index contributed by atoms with van der Waals surface area (Å²) in [6.07, 6.45) is 8.32. The van der Waals surface area contributed by atoms with E-state index in [4.69, 9.17) is 4.98 Å². The van der Waals surface area contributed by atoms with Crippen LogP contribution in [0.1, 0.15) is 58.4 Å². The number of fused-ring (bicyclic) bond motifs is 3. The zero-order chi connectivity index (χ0) is 23.2. The number of anilines is 1. The van der Waals surface area contributed by atoms with Crippen LogP contribution in [0.15, 0.2) is 23.1 Å². The lowest BCUT2D eigenvalue weighted by Crippen LogP contribution is -2.44. The van der Waals surface area contributed by atoms with Crippen molar-refractivity contribution >= 4 is 33.1 Å². The third-order valence-corrected chi connectivity index (χ3v) is 8.94. The number of nitrogens with zero attached hydrogens (tertiary/aromatic N) is 4. The molecule has 2 saturated heterocycles. The van der Waals surface area contributed by atoms with Gasteiger partial charge in [-0.3, -0.25) is 14.5 Å². The van der Waals surface area contributed by atoms with Crippen LogP contribution >= 0.6 is 11.3 Å². The van der Waals surface area contributed by atoms with Gasteiger partial charge in [0, 0.05) is 43.5 Å². The van der Waals surface area contributed by atoms with Gasteiger partial charge in [-0.25, -0.2) is 9.97 Å². The second-order valence-corrected chi connectivity index (χ2v) is 10.8. The Kier molecular flexibility index (Phi) is 5.61. The first-order chi connectivity index (χ1) is 16.6. The van der Waals surface area contributed by atoms with E-state index in [0.29, 0.717) is 17.7 Å². The van der Waals surface area contributed by atoms with E-state index < -0.39 is 0 Å². The Hall–Kier alpha value is -2.78. The Labute approximate surface area is 202 Å². The first-order valence-corrected chi connectivity index (χ1v) is 13.1. The number of amides is 1. The van der Waals surface area contributed by atoms with Crippen molar-refractivity contribution in [2.45, 2.75) is 50.5 Å². The highest BCUT2D eigenvalue weighted by atomic mass is 32.1. The highest BCUT2D eigenvalue weighted by Crippen LogP contribution is 2.36. The Morgan fingerprint density at radius 2 is 2.03 bits per heavy atom. The van der Waals surface area contributed by atoms with Crippen LogP contribution in [0.3, 0.4) is 0 Å². The van der Waals surface area contributed by atoms with Gasteiger partial charge >= 0.3 is 0 Å². The van der Waals surface area contributed by atoms with Crippen molar-refractivity contribution in [1.29, 1.82) is 0 Å². The molecule has 5 heterocycles. The lowest BCUT2D eigenvalue weighted by atomic mass is 10.0. The van der Waals surface area contributed by atoms with Gasteiger partial charge in [0.1, 0.15) is 16.3 Å². The number of rotatable bonds is 4. The Morgan fingerprint density at radius 3 is 2.79 bits per heavy atom. The van der Waals surface area contributed by atoms with E-state index in [0.717, 1.165) is 86.4 Å². The number of hydrogen-bond acceptors (Lipinski definition) is 7. The van der Waals surface area contributed by atoms with Crippen LogP contribution < -0.4 is 15.8 Å². The quantitative estimate of drug-likeness (QED) is 0.599. The summed E-state index contributed by atoms with van der Waals surface area (Å²) in [5.41, 5.74) is 2.82. The average Bonchev–Trinajstić information content (AvgIpc) is 3.60. The summed E-state index contributed by atoms with van der Waals surface area (Å²) >= 11 is 1.73. The molecule has 6 rings (SSSR count). The molecule has 0 aromatic carbocycles. The van der Waals surface area contributed by atoms with Crippen LogP contribution in [-0.4, -0.2) is 65.0 Å². The first kappa shape index (κ1) is 21.7. The van der Waals surface area contributed by atoms with Crippen molar-refractivity contribution in [2.24, 2.45) is 0 Å². The van der Waals surface area contributed by atoms with Crippen molar-refractivity contribution in [1.82, 2.24) is 25.2 Å². The molecule has 0 radical (unpaired) electrons. The van der Waals surface area contributed by atoms with Crippen LogP contribution in [-0.2, 0) is 12.8 Å². The summed E-state index contributed by atoms with van der Waals surface area (Å²) in [6, 6.07) is 4.33. The fourth-order valence-electron chi connectivity index (χ4n) is 5.88. The van der Waals surface area contributed by atoms with E-state index >= 15 is 0 Å². The monoisotopic (exact) mass is 478 g/mol. The number of thiophene rings is 1. The van der Waals surface area contributed by atoms with Gasteiger partial charge in [0.05, 0.1) is 17.3 Å². The zero-order valence-electron chi connectivity index (χ0n) is 19.5. The third-order valence-electron chi connectivity index (χ3n) is 7.75. The van der Waals surface area contributed by atoms with E-state index in [2.05, 4.69) is 25.1 Å². The number of pyridine rings is 1. The number of aromatic amines is 1. The van der Waals surface area contributed by atoms with Gasteiger partial charge in [0.25, 0.3) is 11.5 Å². The number of hydrogen-bond donors (Lipinski definition) is 2. The maximum absolute atomic E-state index is 12.9. The Bertz CT molecular complexity index is 1280. The minimum absolute atomic E-state index is 0.0576. The number of piperidine rings is 1. The molecule has 3 aliphatic rings. The van der Waals surface area contributed by atoms with Gasteiger partial charge in [-0.2, -0.15) is 0 Å². The Balaban J connectivity index is 1.09. The molecule has 0 spiro atoms. The fraction of sp³-hybridized carbons (Fsp3) is 0.520. The molecule has 178 valence electrons. The summed E-state index contributed by atoms with van der Waals surface area (Å²) in [4.78, 5) is 44.2. The summed E-state index contributed by atoms with van der Waals surface area (Å²) in [5.74, 6) is 1.01. The molecule has 2 fully saturated rings. The number of carbonyl (C=O) groups excluding carboxylic acids is 1. The van der Waals surface area contributed by atoms with Crippen LogP contribution in [0.4, 0.5) is 5.69 Å². The first-order valence-electron chi connectivity index (χ1n) is 12.3. The lowest BCUT2D eigenvalue weighted by molar-refractivity contribution is 0.0958. The molecule has 1 unspecified atom stereocenters. The van der Waals surface area contributed by atoms with Gasteiger partial charge < -0.3 is 15.2 Å². The summed E-state index contributed by atoms with van der Waals surface area (Å²) in [5, 5.41) is 3.46. The lowest BCUT2D eigenvalue weighted by Gasteiger charge is -2.37. The second-order valence-electron chi connectivity index (χ2n) is 9.67. The maximum Gasteiger partial charge on any atom is 0.269 e. The van der Waals surface area contributed by atoms with Crippen molar-refractivity contribution < 1.29 is 4.79 Å². The van der Waals surface area contributed by atoms with Crippen molar-refractivity contribution in [3.63, 3.8) is 0 Å². The molecule has 0 saturated carbocycles. The SMILES string of the molecule is CNC(=O)c1ccc(N2CCC(N3CCC(c4nc5sc6c(c5c(=O)[nH]4)CCC6)C3)CC2)cn1. The largest absolute Gasteiger partial charge is 0.370 e. The molecule has 34 heavy (non-hydrogen) atoms. The normalized spacial score (nSPS) is 21.3. The van der Waals surface area contributed by atoms with E-state index in [1.54, 1.807) is 30.6 Å². The number of aromatic nitrogens is 3. The summed E-state index contributed by atoms with van der Waals surface area (Å²) in [7, 11) is 1.62. The molecule has 2 N–H and O–H groups in total. The molecule has 9 heteroatoms. The summed E-state index contributed by atoms with van der Waals surface area (Å²) in [6.45, 7) is 3.98. The van der Waals surface area contributed by atoms with Gasteiger partial charge in [0.2, 0.25) is 0 Å². The van der Waals surface area contributed by atoms with E-state index in [1.807, 2.05) is 6.07 Å². The molecule has 8 nitrogen and oxygen atoms in total. The standard InChI is InChI=1S/C25H30N6O2S/c1-26-23(32)19-6-5-17(13-27-19)30-11-8-16(9-12-30)31-10-7-15(14-31)22-28-24(33)21-18-3-2-4-20(18)34-25(21)29-22/h5-6,13,15-16H,2-4,7-12,14H2,1H3,(H,26,32)(H,28,29,33). The number of nitrogens with one attached hydrogen (secondary N) is 2. The molecule has 1 aliphatic carbocycles. The number of likely N-dealkylation sites (tertiary alicyclic amines) is 1. The minimum atomic E-state index is -0.160. The average molecular weight is 479 g/mol. The zero-order valence-corrected chi connectivity index (χ0v) is 20.3. The summed E-state index contributed by atoms with van der Waals surface area (Å²) < 4.78 is 0. The topological polar surface area (TPSA) is 94.2 Å². The predicted octanol–water partition coefficient (Wildman–Crippen LogP) is 2.69. The van der Waals surface area contributed by atoms with Crippen LogP contribution in [0.5, 0.6) is 0 Å². The molecule has 2 aliphatic heterocycles. The number of aryl methyl sites for hydroxylation is 2. The molecule has 3 aromatic rings. The van der Waals surface area contributed by atoms with Gasteiger partial charge in [-0.1, -0.05) is 0 Å². The maximum atomic E-state index is 12.9. The molecular formula is C25H30N6O2S. The number of carbonyl (C=O) groups is 1. The van der Waals surface area contributed by atoms with E-state index in [-0.39, 0.29) is 11.5 Å². The van der Waals surface area contributed by atoms with Crippen molar-refractivity contribution in [3.05, 3.63) is 50.6 Å². The second kappa shape index (κ2) is 8.78. The van der Waals surface area contributed by atoms with Crippen molar-refractivity contribution in [2.75, 3.05) is 38.1 Å². The third kappa shape index (κ3) is 3.80. The molecule has 3 aromatic heterocycles. The fourth-order valence-corrected chi connectivity index (χ4v) is 7.15. The smallest absolute Gasteiger partial charge is 0.269 e. The van der Waals surface area contributed by atoms with Crippen LogP contribution in [0.25, 0.3) is 10.2 Å². The molecule has 1 amide bonds. The van der Waals surface area contributed by atoms with Gasteiger partial charge in [-0.05, 0) is 62.8 Å². The van der Waals surface area contributed by atoms with E-state index in [1.165, 1.54) is 10.4 Å². The van der Waals surface area contributed by atoms with Crippen LogP contribution in [0.2, 0.25) is 0 Å². The highest BCUT2D eigenvalue weighted by molar-refractivity contribution is 7.18. The molecular weight excluding hydrogens is 448 g/mol. The van der Waals surface area contributed by atoms with Gasteiger partial charge in [-0.15, -0.1) is 11.3 Å². The van der Waals surface area contributed by atoms with Crippen LogP contribution in [0, 0.1) is 0 Å². The predicted molar refractivity (Wildman–Crippen MR) is 134 cm³/mol. The van der Waals surface area contributed by atoms with Crippen molar-refractivity contribution in [3.8, 4) is 0 Å². The van der Waals surface area contributed by atoms with E-state index in [9.17, 15) is 9.59 Å². The minimum Gasteiger partial charge on any atom is -0.370 e. The number of H-pyrrole nitrogens is 1. The molecule has 0 bridgehead atoms. The van der Waals surface area contributed by atoms with Gasteiger partial charge in [0.15, 0.2) is 0 Å². The Morgan fingerprint density at radius 1 is 1.18 bits per heavy atom. The highest BCUT2D eigenvalue weighted by Gasteiger charge is 2.33.